The molecule has 4 heteroatoms. The van der Waals surface area contributed by atoms with Gasteiger partial charge in [-0.25, -0.2) is 9.97 Å². The highest BCUT2D eigenvalue weighted by Crippen LogP contribution is 2.19. The Morgan fingerprint density at radius 2 is 2.00 bits per heavy atom. The largest absolute Gasteiger partial charge is 0.381 e. The maximum Gasteiger partial charge on any atom is 0.200 e. The molecule has 1 aliphatic heterocycles. The number of aryl methyl sites for hydroxylation is 1. The average Bonchev–Trinajstić information content (AvgIpc) is 2.31. The van der Waals surface area contributed by atoms with Crippen molar-refractivity contribution in [3.8, 4) is 0 Å². The summed E-state index contributed by atoms with van der Waals surface area (Å²) in [7, 11) is 0. The molecule has 86 valence electrons. The van der Waals surface area contributed by atoms with E-state index in [2.05, 4.69) is 9.97 Å². The number of carbonyl (C=O) groups excluding carboxylic acids is 1. The van der Waals surface area contributed by atoms with E-state index in [1.165, 1.54) is 0 Å². The van der Waals surface area contributed by atoms with Gasteiger partial charge in [0.1, 0.15) is 0 Å². The summed E-state index contributed by atoms with van der Waals surface area (Å²) < 4.78 is 5.26. The summed E-state index contributed by atoms with van der Waals surface area (Å²) in [4.78, 5) is 20.0. The fourth-order valence-corrected chi connectivity index (χ4v) is 1.84. The Kier molecular flexibility index (Phi) is 3.62. The lowest BCUT2D eigenvalue weighted by molar-refractivity contribution is 0.0598. The molecule has 1 aromatic rings. The SMILES string of the molecule is Cc1cnc(C(=O)CC2CCOCC2)nc1. The highest BCUT2D eigenvalue weighted by atomic mass is 16.5. The Labute approximate surface area is 95.1 Å². The number of carbonyl (C=O) groups is 1. The quantitative estimate of drug-likeness (QED) is 0.729. The van der Waals surface area contributed by atoms with Crippen LogP contribution in [0.2, 0.25) is 0 Å². The molecule has 1 fully saturated rings. The third kappa shape index (κ3) is 2.85. The average molecular weight is 220 g/mol. The highest BCUT2D eigenvalue weighted by molar-refractivity contribution is 5.92. The van der Waals surface area contributed by atoms with E-state index >= 15 is 0 Å². The second-order valence-electron chi connectivity index (χ2n) is 4.27. The van der Waals surface area contributed by atoms with Crippen molar-refractivity contribution in [1.29, 1.82) is 0 Å². The van der Waals surface area contributed by atoms with Crippen LogP contribution in [0.5, 0.6) is 0 Å². The molecule has 0 atom stereocenters. The summed E-state index contributed by atoms with van der Waals surface area (Å²) in [6.07, 6.45) is 5.86. The number of Topliss-reactive ketones (excluding diaryl/α,β-unsaturated/α-hetero) is 1. The zero-order valence-corrected chi connectivity index (χ0v) is 9.48. The van der Waals surface area contributed by atoms with E-state index in [-0.39, 0.29) is 5.78 Å². The molecule has 2 heterocycles. The molecular weight excluding hydrogens is 204 g/mol. The summed E-state index contributed by atoms with van der Waals surface area (Å²) in [6.45, 7) is 3.45. The summed E-state index contributed by atoms with van der Waals surface area (Å²) in [5.41, 5.74) is 0.975. The van der Waals surface area contributed by atoms with Gasteiger partial charge < -0.3 is 4.74 Å². The summed E-state index contributed by atoms with van der Waals surface area (Å²) in [5.74, 6) is 0.829. The van der Waals surface area contributed by atoms with Crippen LogP contribution in [0.3, 0.4) is 0 Å². The lowest BCUT2D eigenvalue weighted by Gasteiger charge is -2.20. The number of rotatable bonds is 3. The second kappa shape index (κ2) is 5.16. The van der Waals surface area contributed by atoms with Crippen molar-refractivity contribution in [3.05, 3.63) is 23.8 Å². The molecule has 0 amide bonds. The standard InChI is InChI=1S/C12H16N2O2/c1-9-7-13-12(14-8-9)11(15)6-10-2-4-16-5-3-10/h7-8,10H,2-6H2,1H3. The minimum atomic E-state index is 0.0481. The zero-order valence-electron chi connectivity index (χ0n) is 9.48. The molecule has 1 aliphatic rings. The van der Waals surface area contributed by atoms with Crippen LogP contribution >= 0.6 is 0 Å². The summed E-state index contributed by atoms with van der Waals surface area (Å²) >= 11 is 0. The van der Waals surface area contributed by atoms with Crippen LogP contribution in [0.25, 0.3) is 0 Å². The number of hydrogen-bond acceptors (Lipinski definition) is 4. The molecular formula is C12H16N2O2. The van der Waals surface area contributed by atoms with Gasteiger partial charge in [-0.15, -0.1) is 0 Å². The number of nitrogens with zero attached hydrogens (tertiary/aromatic N) is 2. The monoisotopic (exact) mass is 220 g/mol. The zero-order chi connectivity index (χ0) is 11.4. The van der Waals surface area contributed by atoms with Gasteiger partial charge in [-0.3, -0.25) is 4.79 Å². The van der Waals surface area contributed by atoms with Gasteiger partial charge in [0.05, 0.1) is 0 Å². The van der Waals surface area contributed by atoms with Crippen molar-refractivity contribution in [2.75, 3.05) is 13.2 Å². The maximum absolute atomic E-state index is 11.9. The van der Waals surface area contributed by atoms with E-state index in [4.69, 9.17) is 4.74 Å². The Balaban J connectivity index is 1.94. The van der Waals surface area contributed by atoms with E-state index < -0.39 is 0 Å². The summed E-state index contributed by atoms with van der Waals surface area (Å²) in [6, 6.07) is 0. The van der Waals surface area contributed by atoms with Crippen molar-refractivity contribution in [3.63, 3.8) is 0 Å². The Hall–Kier alpha value is -1.29. The molecule has 2 rings (SSSR count). The first-order valence-corrected chi connectivity index (χ1v) is 5.65. The Morgan fingerprint density at radius 3 is 2.62 bits per heavy atom. The first-order chi connectivity index (χ1) is 7.75. The van der Waals surface area contributed by atoms with Gasteiger partial charge in [0.15, 0.2) is 11.6 Å². The lowest BCUT2D eigenvalue weighted by Crippen LogP contribution is -2.19. The second-order valence-corrected chi connectivity index (χ2v) is 4.27. The molecule has 0 aromatic carbocycles. The van der Waals surface area contributed by atoms with Crippen LogP contribution in [-0.2, 0) is 4.74 Å². The predicted octanol–water partition coefficient (Wildman–Crippen LogP) is 1.78. The topological polar surface area (TPSA) is 52.1 Å². The van der Waals surface area contributed by atoms with Crippen LogP contribution < -0.4 is 0 Å². The van der Waals surface area contributed by atoms with Crippen LogP contribution in [0, 0.1) is 12.8 Å². The fourth-order valence-electron chi connectivity index (χ4n) is 1.84. The predicted molar refractivity (Wildman–Crippen MR) is 59.3 cm³/mol. The van der Waals surface area contributed by atoms with Crippen molar-refractivity contribution < 1.29 is 9.53 Å². The molecule has 4 nitrogen and oxygen atoms in total. The molecule has 0 unspecified atom stereocenters. The molecule has 0 N–H and O–H groups in total. The van der Waals surface area contributed by atoms with Gasteiger partial charge in [-0.05, 0) is 31.2 Å². The maximum atomic E-state index is 11.9. The van der Waals surface area contributed by atoms with E-state index in [1.807, 2.05) is 6.92 Å². The van der Waals surface area contributed by atoms with Gasteiger partial charge in [-0.2, -0.15) is 0 Å². The number of aromatic nitrogens is 2. The van der Waals surface area contributed by atoms with E-state index in [0.29, 0.717) is 18.2 Å². The van der Waals surface area contributed by atoms with Gasteiger partial charge in [-0.1, -0.05) is 0 Å². The smallest absolute Gasteiger partial charge is 0.200 e. The first kappa shape index (κ1) is 11.2. The van der Waals surface area contributed by atoms with Crippen LogP contribution in [0.15, 0.2) is 12.4 Å². The third-order valence-corrected chi connectivity index (χ3v) is 2.85. The minimum absolute atomic E-state index is 0.0481. The molecule has 0 spiro atoms. The van der Waals surface area contributed by atoms with Crippen molar-refractivity contribution in [1.82, 2.24) is 9.97 Å². The minimum Gasteiger partial charge on any atom is -0.381 e. The molecule has 0 aliphatic carbocycles. The molecule has 16 heavy (non-hydrogen) atoms. The number of ether oxygens (including phenoxy) is 1. The third-order valence-electron chi connectivity index (χ3n) is 2.85. The van der Waals surface area contributed by atoms with Crippen molar-refractivity contribution >= 4 is 5.78 Å². The summed E-state index contributed by atoms with van der Waals surface area (Å²) in [5, 5.41) is 0. The lowest BCUT2D eigenvalue weighted by atomic mass is 9.94. The van der Waals surface area contributed by atoms with Gasteiger partial charge >= 0.3 is 0 Å². The van der Waals surface area contributed by atoms with E-state index in [1.54, 1.807) is 12.4 Å². The number of ketones is 1. The Morgan fingerprint density at radius 1 is 1.38 bits per heavy atom. The van der Waals surface area contributed by atoms with Crippen molar-refractivity contribution in [2.24, 2.45) is 5.92 Å². The molecule has 1 aromatic heterocycles. The van der Waals surface area contributed by atoms with Gasteiger partial charge in [0.2, 0.25) is 0 Å². The molecule has 0 radical (unpaired) electrons. The van der Waals surface area contributed by atoms with Crippen molar-refractivity contribution in [2.45, 2.75) is 26.2 Å². The Bertz CT molecular complexity index is 356. The molecule has 0 saturated carbocycles. The van der Waals surface area contributed by atoms with Crippen LogP contribution in [0.4, 0.5) is 0 Å². The normalized spacial score (nSPS) is 17.3. The first-order valence-electron chi connectivity index (χ1n) is 5.65. The highest BCUT2D eigenvalue weighted by Gasteiger charge is 2.19. The van der Waals surface area contributed by atoms with Crippen LogP contribution in [-0.4, -0.2) is 29.0 Å². The fraction of sp³-hybridized carbons (Fsp3) is 0.583. The molecule has 0 bridgehead atoms. The van der Waals surface area contributed by atoms with Gasteiger partial charge in [0, 0.05) is 32.0 Å². The van der Waals surface area contributed by atoms with E-state index in [9.17, 15) is 4.79 Å². The van der Waals surface area contributed by atoms with E-state index in [0.717, 1.165) is 31.6 Å². The molecule has 1 saturated heterocycles. The van der Waals surface area contributed by atoms with Crippen LogP contribution in [0.1, 0.15) is 35.4 Å². The van der Waals surface area contributed by atoms with Gasteiger partial charge in [0.25, 0.3) is 0 Å². The number of hydrogen-bond donors (Lipinski definition) is 0.